The second-order valence-corrected chi connectivity index (χ2v) is 5.97. The fraction of sp³-hybridized carbons (Fsp3) is 0. The zero-order chi connectivity index (χ0) is 16.4. The van der Waals surface area contributed by atoms with Crippen LogP contribution in [0.2, 0.25) is 5.02 Å². The molecule has 0 fully saturated rings. The molecule has 0 aliphatic heterocycles. The molecule has 4 rings (SSSR count). The predicted molar refractivity (Wildman–Crippen MR) is 99.4 cm³/mol. The molecule has 3 aromatic carbocycles. The van der Waals surface area contributed by atoms with Gasteiger partial charge in [-0.1, -0.05) is 78.3 Å². The predicted octanol–water partition coefficient (Wildman–Crippen LogP) is 5.86. The molecule has 0 unspecified atom stereocenters. The van der Waals surface area contributed by atoms with Gasteiger partial charge in [0.15, 0.2) is 0 Å². The van der Waals surface area contributed by atoms with Crippen molar-refractivity contribution in [3.63, 3.8) is 0 Å². The number of aromatic nitrogens is 2. The highest BCUT2D eigenvalue weighted by Gasteiger charge is 2.13. The van der Waals surface area contributed by atoms with Crippen molar-refractivity contribution in [1.82, 2.24) is 9.55 Å². The third-order valence-electron chi connectivity index (χ3n) is 3.89. The summed E-state index contributed by atoms with van der Waals surface area (Å²) in [5.74, 6) is 0.900. The Labute approximate surface area is 146 Å². The maximum absolute atomic E-state index is 6.18. The Hall–Kier alpha value is -2.84. The summed E-state index contributed by atoms with van der Waals surface area (Å²) >= 11 is 6.18. The monoisotopic (exact) mass is 330 g/mol. The third kappa shape index (κ3) is 2.84. The van der Waals surface area contributed by atoms with Crippen LogP contribution in [0.15, 0.2) is 91.1 Å². The van der Waals surface area contributed by atoms with E-state index in [2.05, 4.69) is 35.0 Å². The number of hydrogen-bond acceptors (Lipinski definition) is 1. The third-order valence-corrected chi connectivity index (χ3v) is 4.13. The van der Waals surface area contributed by atoms with E-state index in [1.165, 1.54) is 0 Å². The Morgan fingerprint density at radius 3 is 2.04 bits per heavy atom. The van der Waals surface area contributed by atoms with Gasteiger partial charge in [0, 0.05) is 28.0 Å². The van der Waals surface area contributed by atoms with Gasteiger partial charge in [-0.25, -0.2) is 4.98 Å². The Bertz CT molecular complexity index is 960. The van der Waals surface area contributed by atoms with Crippen LogP contribution in [0.5, 0.6) is 0 Å². The van der Waals surface area contributed by atoms with E-state index in [0.717, 1.165) is 28.3 Å². The molecule has 1 heterocycles. The molecule has 0 radical (unpaired) electrons. The van der Waals surface area contributed by atoms with Crippen LogP contribution in [-0.2, 0) is 0 Å². The molecule has 116 valence electrons. The van der Waals surface area contributed by atoms with Crippen molar-refractivity contribution < 1.29 is 0 Å². The molecule has 0 bridgehead atoms. The molecule has 24 heavy (non-hydrogen) atoms. The Balaban J connectivity index is 1.92. The highest BCUT2D eigenvalue weighted by molar-refractivity contribution is 6.30. The minimum Gasteiger partial charge on any atom is -0.299 e. The lowest BCUT2D eigenvalue weighted by Crippen LogP contribution is -1.95. The van der Waals surface area contributed by atoms with Gasteiger partial charge in [0.25, 0.3) is 0 Å². The first-order valence-corrected chi connectivity index (χ1v) is 8.15. The molecule has 1 aromatic heterocycles. The fourth-order valence-electron chi connectivity index (χ4n) is 2.74. The smallest absolute Gasteiger partial charge is 0.145 e. The van der Waals surface area contributed by atoms with Crippen LogP contribution in [0.25, 0.3) is 28.3 Å². The SMILES string of the molecule is Clc1cccc(-n2cc(-c3ccccc3)nc2-c2ccccc2)c1. The summed E-state index contributed by atoms with van der Waals surface area (Å²) in [7, 11) is 0. The molecule has 3 heteroatoms. The van der Waals surface area contributed by atoms with Crippen LogP contribution >= 0.6 is 11.6 Å². The number of hydrogen-bond donors (Lipinski definition) is 0. The van der Waals surface area contributed by atoms with Gasteiger partial charge in [0.2, 0.25) is 0 Å². The largest absolute Gasteiger partial charge is 0.299 e. The number of imidazole rings is 1. The van der Waals surface area contributed by atoms with E-state index in [0.29, 0.717) is 5.02 Å². The molecule has 0 atom stereocenters. The Morgan fingerprint density at radius 1 is 0.708 bits per heavy atom. The normalized spacial score (nSPS) is 10.7. The number of benzene rings is 3. The molecule has 0 aliphatic rings. The van der Waals surface area contributed by atoms with E-state index in [1.807, 2.05) is 60.7 Å². The first-order chi connectivity index (χ1) is 11.8. The van der Waals surface area contributed by atoms with Gasteiger partial charge in [0.05, 0.1) is 5.69 Å². The van der Waals surface area contributed by atoms with Gasteiger partial charge in [-0.15, -0.1) is 0 Å². The maximum atomic E-state index is 6.18. The molecular formula is C21H15ClN2. The van der Waals surface area contributed by atoms with E-state index in [4.69, 9.17) is 16.6 Å². The molecule has 0 saturated carbocycles. The average molecular weight is 331 g/mol. The van der Waals surface area contributed by atoms with Crippen molar-refractivity contribution >= 4 is 11.6 Å². The molecule has 0 spiro atoms. The van der Waals surface area contributed by atoms with Gasteiger partial charge in [-0.05, 0) is 18.2 Å². The molecule has 4 aromatic rings. The number of rotatable bonds is 3. The van der Waals surface area contributed by atoms with Gasteiger partial charge in [0.1, 0.15) is 5.82 Å². The minimum atomic E-state index is 0.710. The Morgan fingerprint density at radius 2 is 1.38 bits per heavy atom. The van der Waals surface area contributed by atoms with Crippen molar-refractivity contribution in [3.05, 3.63) is 96.1 Å². The number of nitrogens with zero attached hydrogens (tertiary/aromatic N) is 2. The van der Waals surface area contributed by atoms with Crippen LogP contribution in [-0.4, -0.2) is 9.55 Å². The molecule has 0 N–H and O–H groups in total. The quantitative estimate of drug-likeness (QED) is 0.460. The van der Waals surface area contributed by atoms with E-state index < -0.39 is 0 Å². The van der Waals surface area contributed by atoms with Gasteiger partial charge < -0.3 is 0 Å². The van der Waals surface area contributed by atoms with Crippen LogP contribution in [0.1, 0.15) is 0 Å². The summed E-state index contributed by atoms with van der Waals surface area (Å²) in [5, 5.41) is 0.710. The van der Waals surface area contributed by atoms with Crippen LogP contribution < -0.4 is 0 Å². The molecule has 0 amide bonds. The highest BCUT2D eigenvalue weighted by Crippen LogP contribution is 2.28. The second kappa shape index (κ2) is 6.34. The number of halogens is 1. The highest BCUT2D eigenvalue weighted by atomic mass is 35.5. The van der Waals surface area contributed by atoms with Crippen molar-refractivity contribution in [2.75, 3.05) is 0 Å². The summed E-state index contributed by atoms with van der Waals surface area (Å²) in [4.78, 5) is 4.88. The topological polar surface area (TPSA) is 17.8 Å². The van der Waals surface area contributed by atoms with Gasteiger partial charge in [-0.3, -0.25) is 4.57 Å². The summed E-state index contributed by atoms with van der Waals surface area (Å²) in [6, 6.07) is 28.2. The molecule has 0 aliphatic carbocycles. The first kappa shape index (κ1) is 14.7. The average Bonchev–Trinajstić information content (AvgIpc) is 3.09. The summed E-state index contributed by atoms with van der Waals surface area (Å²) < 4.78 is 2.09. The van der Waals surface area contributed by atoms with Crippen LogP contribution in [0.4, 0.5) is 0 Å². The van der Waals surface area contributed by atoms with Crippen molar-refractivity contribution in [2.24, 2.45) is 0 Å². The molecular weight excluding hydrogens is 316 g/mol. The van der Waals surface area contributed by atoms with E-state index >= 15 is 0 Å². The summed E-state index contributed by atoms with van der Waals surface area (Å²) in [6.45, 7) is 0. The van der Waals surface area contributed by atoms with Crippen LogP contribution in [0.3, 0.4) is 0 Å². The van der Waals surface area contributed by atoms with E-state index in [9.17, 15) is 0 Å². The minimum absolute atomic E-state index is 0.710. The fourth-order valence-corrected chi connectivity index (χ4v) is 2.93. The Kier molecular flexibility index (Phi) is 3.89. The lowest BCUT2D eigenvalue weighted by Gasteiger charge is -2.08. The molecule has 2 nitrogen and oxygen atoms in total. The standard InChI is InChI=1S/C21H15ClN2/c22-18-12-7-13-19(14-18)24-15-20(16-8-3-1-4-9-16)23-21(24)17-10-5-2-6-11-17/h1-15H. The van der Waals surface area contributed by atoms with Crippen molar-refractivity contribution in [3.8, 4) is 28.3 Å². The zero-order valence-corrected chi connectivity index (χ0v) is 13.7. The summed E-state index contributed by atoms with van der Waals surface area (Å²) in [5.41, 5.74) is 4.10. The first-order valence-electron chi connectivity index (χ1n) is 7.77. The van der Waals surface area contributed by atoms with Crippen LogP contribution in [0, 0.1) is 0 Å². The lowest BCUT2D eigenvalue weighted by atomic mass is 10.2. The zero-order valence-electron chi connectivity index (χ0n) is 12.9. The van der Waals surface area contributed by atoms with Gasteiger partial charge >= 0.3 is 0 Å². The molecule has 0 saturated heterocycles. The van der Waals surface area contributed by atoms with Gasteiger partial charge in [-0.2, -0.15) is 0 Å². The van der Waals surface area contributed by atoms with Crippen molar-refractivity contribution in [1.29, 1.82) is 0 Å². The lowest BCUT2D eigenvalue weighted by molar-refractivity contribution is 1.07. The van der Waals surface area contributed by atoms with E-state index in [1.54, 1.807) is 0 Å². The summed E-state index contributed by atoms with van der Waals surface area (Å²) in [6.07, 6.45) is 2.06. The second-order valence-electron chi connectivity index (χ2n) is 5.53. The van der Waals surface area contributed by atoms with Crippen molar-refractivity contribution in [2.45, 2.75) is 0 Å². The maximum Gasteiger partial charge on any atom is 0.145 e. The van der Waals surface area contributed by atoms with E-state index in [-0.39, 0.29) is 0 Å².